The SMILES string of the molecule is O=C1Oc2cc[nH]c2C1CCN1CCCCC1. The van der Waals surface area contributed by atoms with Gasteiger partial charge in [0.2, 0.25) is 0 Å². The summed E-state index contributed by atoms with van der Waals surface area (Å²) < 4.78 is 5.21. The van der Waals surface area contributed by atoms with Crippen molar-refractivity contribution in [3.8, 4) is 5.75 Å². The lowest BCUT2D eigenvalue weighted by Crippen LogP contribution is -2.32. The number of ether oxygens (including phenoxy) is 1. The zero-order valence-corrected chi connectivity index (χ0v) is 9.95. The fraction of sp³-hybridized carbons (Fsp3) is 0.615. The minimum absolute atomic E-state index is 0.0815. The van der Waals surface area contributed by atoms with E-state index in [1.807, 2.05) is 12.3 Å². The van der Waals surface area contributed by atoms with Gasteiger partial charge in [-0.25, -0.2) is 0 Å². The summed E-state index contributed by atoms with van der Waals surface area (Å²) in [5.41, 5.74) is 0.965. The van der Waals surface area contributed by atoms with Crippen LogP contribution in [-0.4, -0.2) is 35.5 Å². The molecule has 92 valence electrons. The standard InChI is InChI=1S/C13H18N2O2/c16-13-10(12-11(17-13)4-6-14-12)5-9-15-7-2-1-3-8-15/h4,6,10,14H,1-3,5,7-9H2. The van der Waals surface area contributed by atoms with Crippen LogP contribution in [0, 0.1) is 0 Å². The third kappa shape index (κ3) is 2.09. The monoisotopic (exact) mass is 234 g/mol. The molecule has 1 saturated heterocycles. The summed E-state index contributed by atoms with van der Waals surface area (Å²) >= 11 is 0. The molecule has 4 nitrogen and oxygen atoms in total. The van der Waals surface area contributed by atoms with Gasteiger partial charge in [0.15, 0.2) is 5.75 Å². The van der Waals surface area contributed by atoms with Crippen LogP contribution in [0.25, 0.3) is 0 Å². The average Bonchev–Trinajstić information content (AvgIpc) is 2.89. The van der Waals surface area contributed by atoms with Crippen molar-refractivity contribution in [1.82, 2.24) is 9.88 Å². The van der Waals surface area contributed by atoms with E-state index in [0.29, 0.717) is 0 Å². The van der Waals surface area contributed by atoms with Gasteiger partial charge in [0.25, 0.3) is 0 Å². The molecule has 1 aromatic rings. The van der Waals surface area contributed by atoms with Crippen LogP contribution >= 0.6 is 0 Å². The minimum atomic E-state index is -0.0936. The highest BCUT2D eigenvalue weighted by molar-refractivity contribution is 5.85. The molecule has 17 heavy (non-hydrogen) atoms. The van der Waals surface area contributed by atoms with E-state index in [9.17, 15) is 4.79 Å². The summed E-state index contributed by atoms with van der Waals surface area (Å²) in [6.07, 6.45) is 6.64. The Labute approximate surface area is 101 Å². The third-order valence-corrected chi connectivity index (χ3v) is 3.77. The average molecular weight is 234 g/mol. The van der Waals surface area contributed by atoms with Gasteiger partial charge in [-0.1, -0.05) is 6.42 Å². The smallest absolute Gasteiger partial charge is 0.320 e. The molecule has 1 atom stereocenters. The second-order valence-electron chi connectivity index (χ2n) is 4.92. The van der Waals surface area contributed by atoms with Gasteiger partial charge in [0.05, 0.1) is 5.69 Å². The number of fused-ring (bicyclic) bond motifs is 1. The van der Waals surface area contributed by atoms with Gasteiger partial charge in [-0.05, 0) is 45.0 Å². The van der Waals surface area contributed by atoms with Crippen LogP contribution in [0.15, 0.2) is 12.3 Å². The number of nitrogens with one attached hydrogen (secondary N) is 1. The first-order valence-corrected chi connectivity index (χ1v) is 6.46. The van der Waals surface area contributed by atoms with E-state index in [0.717, 1.165) is 24.4 Å². The molecule has 1 aromatic heterocycles. The predicted octanol–water partition coefficient (Wildman–Crippen LogP) is 1.89. The van der Waals surface area contributed by atoms with Crippen LogP contribution in [0.2, 0.25) is 0 Å². The summed E-state index contributed by atoms with van der Waals surface area (Å²) in [6.45, 7) is 3.36. The van der Waals surface area contributed by atoms with Crippen molar-refractivity contribution >= 4 is 5.97 Å². The Morgan fingerprint density at radius 3 is 3.00 bits per heavy atom. The number of likely N-dealkylation sites (tertiary alicyclic amines) is 1. The van der Waals surface area contributed by atoms with Crippen molar-refractivity contribution in [2.24, 2.45) is 0 Å². The Hall–Kier alpha value is -1.29. The van der Waals surface area contributed by atoms with Crippen molar-refractivity contribution in [3.63, 3.8) is 0 Å². The summed E-state index contributed by atoms with van der Waals surface area (Å²) in [5, 5.41) is 0. The van der Waals surface area contributed by atoms with E-state index in [1.54, 1.807) is 0 Å². The molecule has 2 aliphatic heterocycles. The number of esters is 1. The lowest BCUT2D eigenvalue weighted by molar-refractivity contribution is -0.134. The Balaban J connectivity index is 1.60. The summed E-state index contributed by atoms with van der Waals surface area (Å²) in [6, 6.07) is 1.83. The van der Waals surface area contributed by atoms with E-state index in [-0.39, 0.29) is 11.9 Å². The first-order chi connectivity index (χ1) is 8.34. The Morgan fingerprint density at radius 2 is 2.18 bits per heavy atom. The lowest BCUT2D eigenvalue weighted by atomic mass is 10.0. The highest BCUT2D eigenvalue weighted by Crippen LogP contribution is 2.35. The number of hydrogen-bond donors (Lipinski definition) is 1. The largest absolute Gasteiger partial charge is 0.424 e. The van der Waals surface area contributed by atoms with E-state index in [4.69, 9.17) is 4.74 Å². The number of H-pyrrole nitrogens is 1. The molecule has 2 aliphatic rings. The summed E-state index contributed by atoms with van der Waals surface area (Å²) in [4.78, 5) is 17.3. The molecule has 0 amide bonds. The fourth-order valence-corrected chi connectivity index (χ4v) is 2.78. The molecule has 3 heterocycles. The molecule has 0 aliphatic carbocycles. The zero-order chi connectivity index (χ0) is 11.7. The molecule has 1 N–H and O–H groups in total. The molecule has 3 rings (SSSR count). The van der Waals surface area contributed by atoms with Crippen molar-refractivity contribution in [2.75, 3.05) is 19.6 Å². The van der Waals surface area contributed by atoms with Crippen molar-refractivity contribution < 1.29 is 9.53 Å². The van der Waals surface area contributed by atoms with Crippen LogP contribution in [0.1, 0.15) is 37.3 Å². The topological polar surface area (TPSA) is 45.3 Å². The van der Waals surface area contributed by atoms with Crippen molar-refractivity contribution in [3.05, 3.63) is 18.0 Å². The van der Waals surface area contributed by atoms with Crippen LogP contribution in [0.4, 0.5) is 0 Å². The Bertz CT molecular complexity index is 407. The number of piperidine rings is 1. The molecule has 0 bridgehead atoms. The first-order valence-electron chi connectivity index (χ1n) is 6.46. The number of carbonyl (C=O) groups excluding carboxylic acids is 1. The highest BCUT2D eigenvalue weighted by atomic mass is 16.5. The highest BCUT2D eigenvalue weighted by Gasteiger charge is 2.34. The quantitative estimate of drug-likeness (QED) is 0.812. The molecular weight excluding hydrogens is 216 g/mol. The Morgan fingerprint density at radius 1 is 1.35 bits per heavy atom. The number of carbonyl (C=O) groups is 1. The second-order valence-corrected chi connectivity index (χ2v) is 4.92. The third-order valence-electron chi connectivity index (χ3n) is 3.77. The molecule has 0 aromatic carbocycles. The summed E-state index contributed by atoms with van der Waals surface area (Å²) in [5.74, 6) is 0.546. The van der Waals surface area contributed by atoms with Gasteiger partial charge >= 0.3 is 5.97 Å². The van der Waals surface area contributed by atoms with Gasteiger partial charge < -0.3 is 14.6 Å². The zero-order valence-electron chi connectivity index (χ0n) is 9.95. The van der Waals surface area contributed by atoms with Crippen LogP contribution in [-0.2, 0) is 4.79 Å². The Kier molecular flexibility index (Phi) is 2.89. The van der Waals surface area contributed by atoms with E-state index in [1.165, 1.54) is 32.4 Å². The molecule has 1 unspecified atom stereocenters. The number of nitrogens with zero attached hydrogens (tertiary/aromatic N) is 1. The van der Waals surface area contributed by atoms with E-state index >= 15 is 0 Å². The number of aromatic amines is 1. The first kappa shape index (κ1) is 10.8. The molecule has 4 heteroatoms. The van der Waals surface area contributed by atoms with Gasteiger partial charge in [-0.15, -0.1) is 0 Å². The normalized spacial score (nSPS) is 24.7. The van der Waals surface area contributed by atoms with Gasteiger partial charge in [0.1, 0.15) is 5.92 Å². The molecular formula is C13H18N2O2. The van der Waals surface area contributed by atoms with E-state index < -0.39 is 0 Å². The maximum absolute atomic E-state index is 11.7. The van der Waals surface area contributed by atoms with Gasteiger partial charge in [0, 0.05) is 6.20 Å². The van der Waals surface area contributed by atoms with Crippen LogP contribution in [0.5, 0.6) is 5.75 Å². The second kappa shape index (κ2) is 4.53. The number of rotatable bonds is 3. The molecule has 1 fully saturated rings. The van der Waals surface area contributed by atoms with Crippen LogP contribution < -0.4 is 4.74 Å². The van der Waals surface area contributed by atoms with Crippen molar-refractivity contribution in [1.29, 1.82) is 0 Å². The van der Waals surface area contributed by atoms with E-state index in [2.05, 4.69) is 9.88 Å². The van der Waals surface area contributed by atoms with Gasteiger partial charge in [-0.3, -0.25) is 4.79 Å². The van der Waals surface area contributed by atoms with Crippen molar-refractivity contribution in [2.45, 2.75) is 31.6 Å². The number of hydrogen-bond acceptors (Lipinski definition) is 3. The molecule has 0 saturated carbocycles. The van der Waals surface area contributed by atoms with Crippen LogP contribution in [0.3, 0.4) is 0 Å². The summed E-state index contributed by atoms with van der Waals surface area (Å²) in [7, 11) is 0. The number of aromatic nitrogens is 1. The predicted molar refractivity (Wildman–Crippen MR) is 64.1 cm³/mol. The maximum atomic E-state index is 11.7. The molecule has 0 radical (unpaired) electrons. The van der Waals surface area contributed by atoms with Gasteiger partial charge in [-0.2, -0.15) is 0 Å². The molecule has 0 spiro atoms. The maximum Gasteiger partial charge on any atom is 0.320 e. The fourth-order valence-electron chi connectivity index (χ4n) is 2.78. The minimum Gasteiger partial charge on any atom is -0.424 e. The lowest BCUT2D eigenvalue weighted by Gasteiger charge is -2.26.